The van der Waals surface area contributed by atoms with E-state index in [1.165, 1.54) is 4.90 Å². The molecule has 8 heteroatoms. The second kappa shape index (κ2) is 13.5. The first-order valence-electron chi connectivity index (χ1n) is 13.6. The van der Waals surface area contributed by atoms with Gasteiger partial charge in [0.15, 0.2) is 11.5 Å². The van der Waals surface area contributed by atoms with Crippen molar-refractivity contribution >= 4 is 17.4 Å². The predicted octanol–water partition coefficient (Wildman–Crippen LogP) is 5.34. The molecule has 1 atom stereocenters. The van der Waals surface area contributed by atoms with Crippen molar-refractivity contribution in [2.24, 2.45) is 0 Å². The van der Waals surface area contributed by atoms with Crippen molar-refractivity contribution in [2.45, 2.75) is 59.1 Å². The monoisotopic (exact) mass is 538 g/mol. The van der Waals surface area contributed by atoms with Crippen LogP contribution in [0, 0.1) is 6.92 Å². The Labute approximate surface area is 232 Å². The van der Waals surface area contributed by atoms with Crippen LogP contribution in [-0.4, -0.2) is 73.6 Å². The molecule has 0 bridgehead atoms. The summed E-state index contributed by atoms with van der Waals surface area (Å²) in [5, 5.41) is 11.5. The molecular weight excluding hydrogens is 496 g/mol. The van der Waals surface area contributed by atoms with Crippen molar-refractivity contribution in [1.82, 2.24) is 9.80 Å². The van der Waals surface area contributed by atoms with Crippen LogP contribution in [0.25, 0.3) is 5.76 Å². The molecule has 39 heavy (non-hydrogen) atoms. The van der Waals surface area contributed by atoms with Gasteiger partial charge in [-0.2, -0.15) is 0 Å². The molecule has 0 aliphatic carbocycles. The van der Waals surface area contributed by atoms with Gasteiger partial charge in [-0.15, -0.1) is 0 Å². The molecule has 1 N–H and O–H groups in total. The molecule has 1 amide bonds. The largest absolute Gasteiger partial charge is 0.507 e. The summed E-state index contributed by atoms with van der Waals surface area (Å²) >= 11 is 0. The maximum Gasteiger partial charge on any atom is 0.295 e. The maximum atomic E-state index is 13.4. The Hall–Kier alpha value is -3.52. The Morgan fingerprint density at radius 3 is 2.38 bits per heavy atom. The van der Waals surface area contributed by atoms with Gasteiger partial charge in [0.1, 0.15) is 11.5 Å². The number of amides is 1. The van der Waals surface area contributed by atoms with Crippen molar-refractivity contribution in [2.75, 3.05) is 40.9 Å². The Morgan fingerprint density at radius 2 is 1.77 bits per heavy atom. The number of ether oxygens (including phenoxy) is 3. The van der Waals surface area contributed by atoms with E-state index in [0.29, 0.717) is 48.1 Å². The molecule has 1 unspecified atom stereocenters. The van der Waals surface area contributed by atoms with E-state index < -0.39 is 17.7 Å². The van der Waals surface area contributed by atoms with Crippen LogP contribution in [0.5, 0.6) is 17.2 Å². The molecule has 2 aromatic rings. The van der Waals surface area contributed by atoms with Gasteiger partial charge >= 0.3 is 0 Å². The zero-order chi connectivity index (χ0) is 28.7. The van der Waals surface area contributed by atoms with Crippen LogP contribution in [0.4, 0.5) is 0 Å². The van der Waals surface area contributed by atoms with Crippen molar-refractivity contribution in [3.05, 3.63) is 58.7 Å². The fourth-order valence-electron chi connectivity index (χ4n) is 4.61. The lowest BCUT2D eigenvalue weighted by Gasteiger charge is -2.27. The quantitative estimate of drug-likeness (QED) is 0.159. The molecular formula is C31H42N2O6. The number of unbranched alkanes of at least 4 members (excludes halogenated alkanes) is 2. The van der Waals surface area contributed by atoms with E-state index in [1.54, 1.807) is 37.4 Å². The van der Waals surface area contributed by atoms with Crippen molar-refractivity contribution in [3.8, 4) is 17.2 Å². The van der Waals surface area contributed by atoms with E-state index >= 15 is 0 Å². The highest BCUT2D eigenvalue weighted by Gasteiger charge is 2.46. The molecule has 0 saturated carbocycles. The summed E-state index contributed by atoms with van der Waals surface area (Å²) in [4.78, 5) is 30.1. The van der Waals surface area contributed by atoms with Gasteiger partial charge in [0, 0.05) is 18.7 Å². The first kappa shape index (κ1) is 30.0. The Balaban J connectivity index is 2.08. The standard InChI is InChI=1S/C31H42N2O6/c1-8-9-10-17-38-25-14-11-22(19-26(25)37-7)28-27(30(35)31(36)33(28)16-15-32(5)6)29(34)23-12-13-24(21(4)18-23)39-20(2)3/h11-14,18-20,28,34H,8-10,15-17H2,1-7H3/b29-27+. The average molecular weight is 539 g/mol. The lowest BCUT2D eigenvalue weighted by Crippen LogP contribution is -2.35. The normalized spacial score (nSPS) is 16.8. The summed E-state index contributed by atoms with van der Waals surface area (Å²) in [6, 6.07) is 9.88. The van der Waals surface area contributed by atoms with Crippen LogP contribution in [0.2, 0.25) is 0 Å². The van der Waals surface area contributed by atoms with E-state index in [0.717, 1.165) is 24.8 Å². The minimum atomic E-state index is -0.778. The summed E-state index contributed by atoms with van der Waals surface area (Å²) in [6.45, 7) is 9.34. The highest BCUT2D eigenvalue weighted by Crippen LogP contribution is 2.42. The number of hydrogen-bond donors (Lipinski definition) is 1. The number of nitrogens with zero attached hydrogens (tertiary/aromatic N) is 2. The number of rotatable bonds is 13. The second-order valence-electron chi connectivity index (χ2n) is 10.4. The topological polar surface area (TPSA) is 88.5 Å². The molecule has 212 valence electrons. The van der Waals surface area contributed by atoms with Gasteiger partial charge < -0.3 is 29.1 Å². The van der Waals surface area contributed by atoms with E-state index in [2.05, 4.69) is 6.92 Å². The van der Waals surface area contributed by atoms with E-state index in [9.17, 15) is 14.7 Å². The van der Waals surface area contributed by atoms with Gasteiger partial charge in [-0.3, -0.25) is 9.59 Å². The van der Waals surface area contributed by atoms with Gasteiger partial charge in [0.25, 0.3) is 11.7 Å². The molecule has 1 fully saturated rings. The summed E-state index contributed by atoms with van der Waals surface area (Å²) in [7, 11) is 5.37. The van der Waals surface area contributed by atoms with Crippen LogP contribution in [0.15, 0.2) is 42.0 Å². The molecule has 2 aromatic carbocycles. The van der Waals surface area contributed by atoms with Crippen molar-refractivity contribution in [1.29, 1.82) is 0 Å². The Kier molecular flexibility index (Phi) is 10.4. The third kappa shape index (κ3) is 7.12. The number of ketones is 1. The highest BCUT2D eigenvalue weighted by molar-refractivity contribution is 6.46. The molecule has 1 aliphatic heterocycles. The van der Waals surface area contributed by atoms with Gasteiger partial charge in [-0.25, -0.2) is 0 Å². The summed E-state index contributed by atoms with van der Waals surface area (Å²) < 4.78 is 17.4. The van der Waals surface area contributed by atoms with Crippen LogP contribution >= 0.6 is 0 Å². The minimum absolute atomic E-state index is 0.00116. The number of aryl methyl sites for hydroxylation is 1. The van der Waals surface area contributed by atoms with Crippen molar-refractivity contribution in [3.63, 3.8) is 0 Å². The maximum absolute atomic E-state index is 13.4. The first-order valence-corrected chi connectivity index (χ1v) is 13.6. The predicted molar refractivity (Wildman–Crippen MR) is 153 cm³/mol. The van der Waals surface area contributed by atoms with E-state index in [1.807, 2.05) is 45.8 Å². The summed E-state index contributed by atoms with van der Waals surface area (Å²) in [5.74, 6) is 0.230. The number of carbonyl (C=O) groups is 2. The third-order valence-electron chi connectivity index (χ3n) is 6.65. The number of aliphatic hydroxyl groups is 1. The summed E-state index contributed by atoms with van der Waals surface area (Å²) in [5.41, 5.74) is 1.97. The van der Waals surface area contributed by atoms with Crippen LogP contribution in [0.3, 0.4) is 0 Å². The van der Waals surface area contributed by atoms with Gasteiger partial charge in [-0.05, 0) is 82.7 Å². The zero-order valence-electron chi connectivity index (χ0n) is 24.2. The SMILES string of the molecule is CCCCCOc1ccc(C2/C(=C(\O)c3ccc(OC(C)C)c(C)c3)C(=O)C(=O)N2CCN(C)C)cc1OC. The van der Waals surface area contributed by atoms with Crippen LogP contribution in [0.1, 0.15) is 62.8 Å². The molecule has 1 aliphatic rings. The Morgan fingerprint density at radius 1 is 1.05 bits per heavy atom. The highest BCUT2D eigenvalue weighted by atomic mass is 16.5. The number of methoxy groups -OCH3 is 1. The van der Waals surface area contributed by atoms with Gasteiger partial charge in [0.05, 0.1) is 31.4 Å². The Bertz CT molecular complexity index is 1200. The lowest BCUT2D eigenvalue weighted by molar-refractivity contribution is -0.140. The molecule has 3 rings (SSSR count). The molecule has 1 saturated heterocycles. The zero-order valence-corrected chi connectivity index (χ0v) is 24.2. The number of benzene rings is 2. The molecule has 0 spiro atoms. The molecule has 1 heterocycles. The lowest BCUT2D eigenvalue weighted by atomic mass is 9.94. The number of likely N-dealkylation sites (tertiary alicyclic amines) is 1. The van der Waals surface area contributed by atoms with Gasteiger partial charge in [0.2, 0.25) is 0 Å². The summed E-state index contributed by atoms with van der Waals surface area (Å²) in [6.07, 6.45) is 3.11. The fourth-order valence-corrected chi connectivity index (χ4v) is 4.61. The van der Waals surface area contributed by atoms with E-state index in [-0.39, 0.29) is 17.4 Å². The third-order valence-corrected chi connectivity index (χ3v) is 6.65. The second-order valence-corrected chi connectivity index (χ2v) is 10.4. The molecule has 0 radical (unpaired) electrons. The molecule has 8 nitrogen and oxygen atoms in total. The van der Waals surface area contributed by atoms with Crippen molar-refractivity contribution < 1.29 is 28.9 Å². The number of hydrogen-bond acceptors (Lipinski definition) is 7. The first-order chi connectivity index (χ1) is 18.6. The number of likely N-dealkylation sites (N-methyl/N-ethyl adjacent to an activating group) is 1. The fraction of sp³-hybridized carbons (Fsp3) is 0.484. The van der Waals surface area contributed by atoms with Crippen LogP contribution in [-0.2, 0) is 9.59 Å². The minimum Gasteiger partial charge on any atom is -0.507 e. The van der Waals surface area contributed by atoms with E-state index in [4.69, 9.17) is 14.2 Å². The smallest absolute Gasteiger partial charge is 0.295 e. The van der Waals surface area contributed by atoms with Crippen LogP contribution < -0.4 is 14.2 Å². The molecule has 0 aromatic heterocycles. The number of Topliss-reactive ketones (excluding diaryl/α,β-unsaturated/α-hetero) is 1. The van der Waals surface area contributed by atoms with Gasteiger partial charge in [-0.1, -0.05) is 25.8 Å². The number of aliphatic hydroxyl groups excluding tert-OH is 1. The number of carbonyl (C=O) groups excluding carboxylic acids is 2. The average Bonchev–Trinajstić information content (AvgIpc) is 3.15.